The number of fused-ring (bicyclic) bond motifs is 1. The van der Waals surface area contributed by atoms with E-state index in [-0.39, 0.29) is 11.8 Å². The Morgan fingerprint density at radius 2 is 1.76 bits per heavy atom. The van der Waals surface area contributed by atoms with Gasteiger partial charge in [0.05, 0.1) is 6.61 Å². The van der Waals surface area contributed by atoms with E-state index in [0.717, 1.165) is 48.6 Å². The molecule has 7 heteroatoms. The fraction of sp³-hybridized carbons (Fsp3) is 0.462. The molecule has 1 aliphatic heterocycles. The van der Waals surface area contributed by atoms with Crippen LogP contribution in [0, 0.1) is 0 Å². The number of ether oxygens (including phenoxy) is 1. The highest BCUT2D eigenvalue weighted by molar-refractivity contribution is 5.92. The molecule has 3 rings (SSSR count). The third kappa shape index (κ3) is 6.79. The first kappa shape index (κ1) is 24.7. The van der Waals surface area contributed by atoms with E-state index in [1.807, 2.05) is 59.2 Å². The zero-order chi connectivity index (χ0) is 23.6. The van der Waals surface area contributed by atoms with Crippen LogP contribution in [0.5, 0.6) is 5.75 Å². The van der Waals surface area contributed by atoms with Crippen molar-refractivity contribution in [3.63, 3.8) is 0 Å². The number of nitrogens with two attached hydrogens (primary N) is 1. The number of nitrogens with zero attached hydrogens (tertiary/aromatic N) is 3. The summed E-state index contributed by atoms with van der Waals surface area (Å²) in [7, 11) is 0. The van der Waals surface area contributed by atoms with Gasteiger partial charge in [0.15, 0.2) is 0 Å². The summed E-state index contributed by atoms with van der Waals surface area (Å²) in [5.41, 5.74) is 8.68. The van der Waals surface area contributed by atoms with Crippen LogP contribution in [0.2, 0.25) is 0 Å². The molecule has 1 aliphatic rings. The van der Waals surface area contributed by atoms with Gasteiger partial charge < -0.3 is 20.3 Å². The summed E-state index contributed by atoms with van der Waals surface area (Å²) in [4.78, 5) is 31.5. The summed E-state index contributed by atoms with van der Waals surface area (Å²) in [6.45, 7) is 8.49. The number of para-hydroxylation sites is 2. The van der Waals surface area contributed by atoms with Gasteiger partial charge in [0.25, 0.3) is 0 Å². The summed E-state index contributed by atoms with van der Waals surface area (Å²) >= 11 is 0. The van der Waals surface area contributed by atoms with Crippen molar-refractivity contribution in [1.82, 2.24) is 9.80 Å². The van der Waals surface area contributed by atoms with E-state index >= 15 is 0 Å². The molecule has 0 aromatic heterocycles. The minimum atomic E-state index is 0.00905. The minimum absolute atomic E-state index is 0.00905. The van der Waals surface area contributed by atoms with Crippen LogP contribution in [0.15, 0.2) is 48.5 Å². The third-order valence-corrected chi connectivity index (χ3v) is 5.94. The summed E-state index contributed by atoms with van der Waals surface area (Å²) in [5, 5.41) is 0. The standard InChI is InChI=1S/C26H36N4O3/c1-3-33-25-12-7-5-10-23(25)19-28-15-8-16-30(21(2)31)24-11-6-4-9-22(24)20-29(18-17-28)26(32)13-14-27/h4-7,9-12H,3,8,13-20,27H2,1-2H3. The van der Waals surface area contributed by atoms with Gasteiger partial charge in [-0.3, -0.25) is 14.5 Å². The van der Waals surface area contributed by atoms with Crippen molar-refractivity contribution in [1.29, 1.82) is 0 Å². The Balaban J connectivity index is 1.88. The number of carbonyl (C=O) groups is 2. The predicted molar refractivity (Wildman–Crippen MR) is 131 cm³/mol. The molecule has 0 atom stereocenters. The lowest BCUT2D eigenvalue weighted by molar-refractivity contribution is -0.131. The van der Waals surface area contributed by atoms with Crippen LogP contribution in [0.4, 0.5) is 5.69 Å². The van der Waals surface area contributed by atoms with Gasteiger partial charge in [-0.1, -0.05) is 36.4 Å². The van der Waals surface area contributed by atoms with Crippen LogP contribution in [0.1, 0.15) is 37.8 Å². The maximum atomic E-state index is 12.9. The fourth-order valence-electron chi connectivity index (χ4n) is 4.29. The van der Waals surface area contributed by atoms with E-state index in [0.29, 0.717) is 39.2 Å². The summed E-state index contributed by atoms with van der Waals surface area (Å²) < 4.78 is 5.82. The molecule has 0 spiro atoms. The average Bonchev–Trinajstić information content (AvgIpc) is 2.84. The Morgan fingerprint density at radius 1 is 1.00 bits per heavy atom. The Morgan fingerprint density at radius 3 is 2.52 bits per heavy atom. The summed E-state index contributed by atoms with van der Waals surface area (Å²) in [6.07, 6.45) is 1.15. The molecule has 7 nitrogen and oxygen atoms in total. The quantitative estimate of drug-likeness (QED) is 0.729. The van der Waals surface area contributed by atoms with E-state index in [1.165, 1.54) is 0 Å². The van der Waals surface area contributed by atoms with Crippen molar-refractivity contribution in [3.05, 3.63) is 59.7 Å². The van der Waals surface area contributed by atoms with Gasteiger partial charge in [-0.05, 0) is 31.0 Å². The normalized spacial score (nSPS) is 15.5. The molecule has 2 aromatic rings. The van der Waals surface area contributed by atoms with Crippen LogP contribution in [-0.4, -0.2) is 60.9 Å². The van der Waals surface area contributed by atoms with Crippen molar-refractivity contribution < 1.29 is 14.3 Å². The molecule has 0 radical (unpaired) electrons. The summed E-state index contributed by atoms with van der Waals surface area (Å²) in [5.74, 6) is 0.938. The fourth-order valence-corrected chi connectivity index (χ4v) is 4.29. The van der Waals surface area contributed by atoms with E-state index < -0.39 is 0 Å². The lowest BCUT2D eigenvalue weighted by atomic mass is 10.1. The van der Waals surface area contributed by atoms with Gasteiger partial charge in [-0.2, -0.15) is 0 Å². The Bertz CT molecular complexity index is 933. The molecule has 2 amide bonds. The van der Waals surface area contributed by atoms with Crippen molar-refractivity contribution in [2.24, 2.45) is 5.73 Å². The molecule has 0 saturated carbocycles. The Labute approximate surface area is 197 Å². The van der Waals surface area contributed by atoms with Gasteiger partial charge in [0.1, 0.15) is 5.75 Å². The predicted octanol–water partition coefficient (Wildman–Crippen LogP) is 3.02. The zero-order valence-electron chi connectivity index (χ0n) is 19.8. The largest absolute Gasteiger partial charge is 0.494 e. The van der Waals surface area contributed by atoms with Crippen molar-refractivity contribution in [2.45, 2.75) is 39.8 Å². The van der Waals surface area contributed by atoms with Crippen LogP contribution in [-0.2, 0) is 22.7 Å². The maximum absolute atomic E-state index is 12.9. The van der Waals surface area contributed by atoms with Gasteiger partial charge in [0, 0.05) is 70.4 Å². The first-order valence-corrected chi connectivity index (χ1v) is 11.8. The first-order valence-electron chi connectivity index (χ1n) is 11.8. The lowest BCUT2D eigenvalue weighted by Crippen LogP contribution is -2.39. The van der Waals surface area contributed by atoms with E-state index in [1.54, 1.807) is 6.92 Å². The zero-order valence-corrected chi connectivity index (χ0v) is 19.8. The van der Waals surface area contributed by atoms with Crippen molar-refractivity contribution >= 4 is 17.5 Å². The van der Waals surface area contributed by atoms with E-state index in [2.05, 4.69) is 11.0 Å². The molecule has 0 fully saturated rings. The van der Waals surface area contributed by atoms with Gasteiger partial charge in [0.2, 0.25) is 11.8 Å². The maximum Gasteiger partial charge on any atom is 0.224 e. The minimum Gasteiger partial charge on any atom is -0.494 e. The molecule has 33 heavy (non-hydrogen) atoms. The topological polar surface area (TPSA) is 79.1 Å². The average molecular weight is 453 g/mol. The van der Waals surface area contributed by atoms with Gasteiger partial charge in [-0.25, -0.2) is 0 Å². The highest BCUT2D eigenvalue weighted by Gasteiger charge is 2.22. The Kier molecular flexibility index (Phi) is 9.27. The summed E-state index contributed by atoms with van der Waals surface area (Å²) in [6, 6.07) is 16.0. The second-order valence-corrected chi connectivity index (χ2v) is 8.32. The number of anilines is 1. The highest BCUT2D eigenvalue weighted by atomic mass is 16.5. The second-order valence-electron chi connectivity index (χ2n) is 8.32. The number of amides is 2. The molecule has 0 aliphatic carbocycles. The van der Waals surface area contributed by atoms with Gasteiger partial charge >= 0.3 is 0 Å². The number of rotatable bonds is 6. The molecular weight excluding hydrogens is 416 g/mol. The smallest absolute Gasteiger partial charge is 0.224 e. The molecule has 2 N–H and O–H groups in total. The molecule has 178 valence electrons. The molecular formula is C26H36N4O3. The molecule has 1 heterocycles. The molecule has 0 unspecified atom stereocenters. The number of carbonyl (C=O) groups excluding carboxylic acids is 2. The van der Waals surface area contributed by atoms with Crippen molar-refractivity contribution in [3.8, 4) is 5.75 Å². The van der Waals surface area contributed by atoms with Gasteiger partial charge in [-0.15, -0.1) is 0 Å². The molecule has 0 bridgehead atoms. The molecule has 2 aromatic carbocycles. The lowest BCUT2D eigenvalue weighted by Gasteiger charge is -2.28. The second kappa shape index (κ2) is 12.4. The third-order valence-electron chi connectivity index (χ3n) is 5.94. The first-order chi connectivity index (χ1) is 16.0. The number of benzene rings is 2. The highest BCUT2D eigenvalue weighted by Crippen LogP contribution is 2.25. The van der Waals surface area contributed by atoms with Crippen LogP contribution >= 0.6 is 0 Å². The monoisotopic (exact) mass is 452 g/mol. The van der Waals surface area contributed by atoms with Crippen LogP contribution in [0.3, 0.4) is 0 Å². The van der Waals surface area contributed by atoms with E-state index in [4.69, 9.17) is 10.5 Å². The number of hydrogen-bond acceptors (Lipinski definition) is 5. The Hall–Kier alpha value is -2.90. The van der Waals surface area contributed by atoms with E-state index in [9.17, 15) is 9.59 Å². The van der Waals surface area contributed by atoms with Crippen LogP contribution in [0.25, 0.3) is 0 Å². The SMILES string of the molecule is CCOc1ccccc1CN1CCCN(C(C)=O)c2ccccc2CN(C(=O)CCN)CC1. The molecule has 0 saturated heterocycles. The van der Waals surface area contributed by atoms with Crippen molar-refractivity contribution in [2.75, 3.05) is 44.2 Å². The van der Waals surface area contributed by atoms with Crippen LogP contribution < -0.4 is 15.4 Å². The number of hydrogen-bond donors (Lipinski definition) is 1.